The predicted molar refractivity (Wildman–Crippen MR) is 68.9 cm³/mol. The van der Waals surface area contributed by atoms with Crippen molar-refractivity contribution >= 4 is 17.4 Å². The molecule has 0 unspecified atom stereocenters. The highest BCUT2D eigenvalue weighted by Crippen LogP contribution is 2.29. The summed E-state index contributed by atoms with van der Waals surface area (Å²) >= 11 is 5.69. The molecule has 0 radical (unpaired) electrons. The van der Waals surface area contributed by atoms with Gasteiger partial charge in [0.25, 0.3) is 0 Å². The molecule has 0 aliphatic carbocycles. The van der Waals surface area contributed by atoms with E-state index in [-0.39, 0.29) is 11.3 Å². The molecule has 0 heterocycles. The van der Waals surface area contributed by atoms with Crippen molar-refractivity contribution in [3.05, 3.63) is 58.6 Å². The maximum atomic E-state index is 13.7. The summed E-state index contributed by atoms with van der Waals surface area (Å²) in [6.07, 6.45) is 0. The van der Waals surface area contributed by atoms with Gasteiger partial charge in [0.05, 0.1) is 0 Å². The second kappa shape index (κ2) is 5.24. The minimum absolute atomic E-state index is 0.0431. The number of halogens is 3. The van der Waals surface area contributed by atoms with Gasteiger partial charge in [-0.05, 0) is 36.4 Å². The van der Waals surface area contributed by atoms with E-state index in [4.69, 9.17) is 27.5 Å². The largest absolute Gasteiger partial charge is 0.451 e. The number of nitrogen functional groups attached to an aromatic ring is 1. The Morgan fingerprint density at radius 1 is 1.11 bits per heavy atom. The first-order valence-corrected chi connectivity index (χ1v) is 5.62. The molecule has 2 rings (SSSR count). The van der Waals surface area contributed by atoms with Gasteiger partial charge < -0.3 is 10.5 Å². The number of hydrogen-bond donors (Lipinski definition) is 2. The SMILES string of the molecule is N=C(N)c1cc(F)c(Oc2ccc(Cl)cc2)c(F)c1. The van der Waals surface area contributed by atoms with E-state index in [0.717, 1.165) is 12.1 Å². The molecule has 19 heavy (non-hydrogen) atoms. The quantitative estimate of drug-likeness (QED) is 0.666. The summed E-state index contributed by atoms with van der Waals surface area (Å²) in [4.78, 5) is 0. The average molecular weight is 283 g/mol. The van der Waals surface area contributed by atoms with Crippen LogP contribution in [0.3, 0.4) is 0 Å². The van der Waals surface area contributed by atoms with Crippen molar-refractivity contribution in [2.24, 2.45) is 5.73 Å². The standard InChI is InChI=1S/C13H9ClF2N2O/c14-8-1-3-9(4-2-8)19-12-10(15)5-7(13(17)18)6-11(12)16/h1-6H,(H3,17,18). The van der Waals surface area contributed by atoms with Crippen molar-refractivity contribution < 1.29 is 13.5 Å². The molecule has 0 saturated heterocycles. The van der Waals surface area contributed by atoms with Crippen LogP contribution in [0.1, 0.15) is 5.56 Å². The number of hydrogen-bond acceptors (Lipinski definition) is 2. The van der Waals surface area contributed by atoms with Crippen LogP contribution in [-0.4, -0.2) is 5.84 Å². The molecule has 0 atom stereocenters. The van der Waals surface area contributed by atoms with Gasteiger partial charge in [-0.15, -0.1) is 0 Å². The Morgan fingerprint density at radius 2 is 1.63 bits per heavy atom. The fourth-order valence-electron chi connectivity index (χ4n) is 1.43. The molecule has 3 nitrogen and oxygen atoms in total. The second-order valence-corrected chi connectivity index (χ2v) is 4.18. The van der Waals surface area contributed by atoms with E-state index in [1.165, 1.54) is 24.3 Å². The van der Waals surface area contributed by atoms with E-state index in [1.54, 1.807) is 0 Å². The number of nitrogens with one attached hydrogen (secondary N) is 1. The molecule has 0 aromatic heterocycles. The van der Waals surface area contributed by atoms with E-state index in [0.29, 0.717) is 5.02 Å². The van der Waals surface area contributed by atoms with Crippen molar-refractivity contribution in [1.82, 2.24) is 0 Å². The number of rotatable bonds is 3. The summed E-state index contributed by atoms with van der Waals surface area (Å²) < 4.78 is 32.5. The van der Waals surface area contributed by atoms with Gasteiger partial charge in [0.2, 0.25) is 0 Å². The minimum Gasteiger partial charge on any atom is -0.451 e. The smallest absolute Gasteiger partial charge is 0.198 e. The van der Waals surface area contributed by atoms with Crippen molar-refractivity contribution in [3.8, 4) is 11.5 Å². The Bertz CT molecular complexity index is 606. The maximum Gasteiger partial charge on any atom is 0.198 e. The van der Waals surface area contributed by atoms with Crippen LogP contribution in [-0.2, 0) is 0 Å². The van der Waals surface area contributed by atoms with Crippen LogP contribution >= 0.6 is 11.6 Å². The van der Waals surface area contributed by atoms with Gasteiger partial charge in [-0.3, -0.25) is 5.41 Å². The summed E-state index contributed by atoms with van der Waals surface area (Å²) in [5.41, 5.74) is 5.12. The Labute approximate surface area is 113 Å². The topological polar surface area (TPSA) is 59.1 Å². The van der Waals surface area contributed by atoms with Gasteiger partial charge in [0.15, 0.2) is 17.4 Å². The Hall–Kier alpha value is -2.14. The van der Waals surface area contributed by atoms with Gasteiger partial charge in [0, 0.05) is 10.6 Å². The van der Waals surface area contributed by atoms with Crippen molar-refractivity contribution in [3.63, 3.8) is 0 Å². The molecule has 98 valence electrons. The van der Waals surface area contributed by atoms with Crippen molar-refractivity contribution in [2.45, 2.75) is 0 Å². The molecule has 0 amide bonds. The molecule has 6 heteroatoms. The molecule has 0 spiro atoms. The maximum absolute atomic E-state index is 13.7. The molecule has 0 bridgehead atoms. The van der Waals surface area contributed by atoms with E-state index >= 15 is 0 Å². The van der Waals surface area contributed by atoms with Crippen LogP contribution in [0.15, 0.2) is 36.4 Å². The summed E-state index contributed by atoms with van der Waals surface area (Å²) in [6.45, 7) is 0. The molecular formula is C13H9ClF2N2O. The van der Waals surface area contributed by atoms with Crippen molar-refractivity contribution in [1.29, 1.82) is 5.41 Å². The Balaban J connectivity index is 2.35. The van der Waals surface area contributed by atoms with Gasteiger partial charge >= 0.3 is 0 Å². The van der Waals surface area contributed by atoms with E-state index in [2.05, 4.69) is 0 Å². The third kappa shape index (κ3) is 3.00. The highest BCUT2D eigenvalue weighted by molar-refractivity contribution is 6.30. The van der Waals surface area contributed by atoms with Crippen LogP contribution < -0.4 is 10.5 Å². The first-order chi connectivity index (χ1) is 8.97. The fraction of sp³-hybridized carbons (Fsp3) is 0. The van der Waals surface area contributed by atoms with Gasteiger partial charge in [0.1, 0.15) is 11.6 Å². The van der Waals surface area contributed by atoms with E-state index < -0.39 is 23.2 Å². The third-order valence-electron chi connectivity index (χ3n) is 2.34. The number of amidine groups is 1. The van der Waals surface area contributed by atoms with Crippen LogP contribution in [0.25, 0.3) is 0 Å². The summed E-state index contributed by atoms with van der Waals surface area (Å²) in [5.74, 6) is -2.58. The zero-order chi connectivity index (χ0) is 14.0. The number of nitrogens with two attached hydrogens (primary N) is 1. The van der Waals surface area contributed by atoms with E-state index in [1.807, 2.05) is 0 Å². The molecule has 2 aromatic carbocycles. The van der Waals surface area contributed by atoms with Gasteiger partial charge in [-0.1, -0.05) is 11.6 Å². The molecule has 0 saturated carbocycles. The number of benzene rings is 2. The summed E-state index contributed by atoms with van der Waals surface area (Å²) in [5, 5.41) is 7.62. The van der Waals surface area contributed by atoms with Gasteiger partial charge in [-0.2, -0.15) is 0 Å². The van der Waals surface area contributed by atoms with Crippen LogP contribution in [0, 0.1) is 17.0 Å². The summed E-state index contributed by atoms with van der Waals surface area (Å²) in [6, 6.07) is 7.93. The molecular weight excluding hydrogens is 274 g/mol. The first kappa shape index (κ1) is 13.3. The van der Waals surface area contributed by atoms with Crippen LogP contribution in [0.2, 0.25) is 5.02 Å². The molecule has 0 fully saturated rings. The normalized spacial score (nSPS) is 10.3. The molecule has 2 aromatic rings. The second-order valence-electron chi connectivity index (χ2n) is 3.74. The lowest BCUT2D eigenvalue weighted by Crippen LogP contribution is -2.12. The fourth-order valence-corrected chi connectivity index (χ4v) is 1.56. The lowest BCUT2D eigenvalue weighted by molar-refractivity contribution is 0.407. The minimum atomic E-state index is -0.930. The van der Waals surface area contributed by atoms with Gasteiger partial charge in [-0.25, -0.2) is 8.78 Å². The van der Waals surface area contributed by atoms with Crippen molar-refractivity contribution in [2.75, 3.05) is 0 Å². The lowest BCUT2D eigenvalue weighted by atomic mass is 10.2. The zero-order valence-corrected chi connectivity index (χ0v) is 10.3. The lowest BCUT2D eigenvalue weighted by Gasteiger charge is -2.09. The molecule has 3 N–H and O–H groups in total. The van der Waals surface area contributed by atoms with Crippen LogP contribution in [0.4, 0.5) is 8.78 Å². The monoisotopic (exact) mass is 282 g/mol. The Morgan fingerprint density at radius 3 is 2.11 bits per heavy atom. The average Bonchev–Trinajstić information content (AvgIpc) is 2.35. The molecule has 0 aliphatic rings. The highest BCUT2D eigenvalue weighted by Gasteiger charge is 2.14. The first-order valence-electron chi connectivity index (χ1n) is 5.24. The van der Waals surface area contributed by atoms with Crippen LogP contribution in [0.5, 0.6) is 11.5 Å². The van der Waals surface area contributed by atoms with E-state index in [9.17, 15) is 8.78 Å². The predicted octanol–water partition coefficient (Wildman–Crippen LogP) is 3.69. The number of ether oxygens (including phenoxy) is 1. The Kier molecular flexibility index (Phi) is 3.66. The summed E-state index contributed by atoms with van der Waals surface area (Å²) in [7, 11) is 0. The zero-order valence-electron chi connectivity index (χ0n) is 9.58. The highest BCUT2D eigenvalue weighted by atomic mass is 35.5. The third-order valence-corrected chi connectivity index (χ3v) is 2.59. The molecule has 0 aliphatic heterocycles.